The number of nitrogens with zero attached hydrogens (tertiary/aromatic N) is 1. The first kappa shape index (κ1) is 39.6. The Morgan fingerprint density at radius 2 is 1.54 bits per heavy atom. The molecule has 5 heteroatoms. The van der Waals surface area contributed by atoms with Crippen LogP contribution >= 0.6 is 0 Å². The Morgan fingerprint density at radius 1 is 0.896 bits per heavy atom. The number of aryl methyl sites for hydroxylation is 2. The molecule has 4 aromatic rings. The number of pyridine rings is 1. The smallest absolute Gasteiger partial charge is 0 e. The van der Waals surface area contributed by atoms with E-state index < -0.39 is 13.3 Å². The van der Waals surface area contributed by atoms with Gasteiger partial charge in [0.25, 0.3) is 0 Å². The Bertz CT molecular complexity index is 1790. The van der Waals surface area contributed by atoms with Crippen molar-refractivity contribution >= 4 is 40.3 Å². The monoisotopic (exact) mass is 883 g/mol. The summed E-state index contributed by atoms with van der Waals surface area (Å²) < 4.78 is 1.58. The zero-order valence-electron chi connectivity index (χ0n) is 30.6. The fraction of sp³-hybridized carbons (Fsp3) is 0.395. The van der Waals surface area contributed by atoms with Crippen molar-refractivity contribution in [3.63, 3.8) is 0 Å². The molecule has 0 atom stereocenters. The second kappa shape index (κ2) is 17.2. The van der Waals surface area contributed by atoms with Gasteiger partial charge in [-0.1, -0.05) is 33.8 Å². The first-order chi connectivity index (χ1) is 22.3. The van der Waals surface area contributed by atoms with Gasteiger partial charge >= 0.3 is 175 Å². The van der Waals surface area contributed by atoms with E-state index in [1.165, 1.54) is 50.2 Å². The molecular formula is C43H54GeIrNO2-. The second-order valence-corrected chi connectivity index (χ2v) is 23.1. The minimum Gasteiger partial charge on any atom is 0 e. The van der Waals surface area contributed by atoms with Crippen LogP contribution in [-0.2, 0) is 24.9 Å². The summed E-state index contributed by atoms with van der Waals surface area (Å²) in [4.78, 5) is 18.9. The average Bonchev–Trinajstić information content (AvgIpc) is 3.35. The number of allylic oxidation sites excluding steroid dienone is 2. The molecule has 1 radical (unpaired) electrons. The fourth-order valence-electron chi connectivity index (χ4n) is 6.84. The summed E-state index contributed by atoms with van der Waals surface area (Å²) in [7, 11) is 0. The van der Waals surface area contributed by atoms with Crippen LogP contribution in [0.15, 0.2) is 71.5 Å². The number of carbonyl (C=O) groups excluding carboxylic acids is 1. The third-order valence-electron chi connectivity index (χ3n) is 9.84. The third-order valence-corrected chi connectivity index (χ3v) is 15.8. The summed E-state index contributed by atoms with van der Waals surface area (Å²) in [5.41, 5.74) is 9.90. The summed E-state index contributed by atoms with van der Waals surface area (Å²) in [5, 5.41) is 12.3. The zero-order valence-corrected chi connectivity index (χ0v) is 35.1. The van der Waals surface area contributed by atoms with E-state index >= 15 is 0 Å². The molecule has 0 unspecified atom stereocenters. The maximum Gasteiger partial charge on any atom is 0 e. The molecule has 5 rings (SSSR count). The topological polar surface area (TPSA) is 50.2 Å². The quantitative estimate of drug-likeness (QED) is 0.0747. The van der Waals surface area contributed by atoms with Crippen molar-refractivity contribution in [2.24, 2.45) is 11.8 Å². The maximum atomic E-state index is 11.7. The molecular weight excluding hydrogens is 827 g/mol. The minimum atomic E-state index is -1.93. The number of aliphatic hydroxyl groups is 1. The summed E-state index contributed by atoms with van der Waals surface area (Å²) in [6.45, 7) is 17.0. The van der Waals surface area contributed by atoms with Crippen LogP contribution in [0.4, 0.5) is 0 Å². The fourth-order valence-corrected chi connectivity index (χ4v) is 11.4. The van der Waals surface area contributed by atoms with Gasteiger partial charge in [0.1, 0.15) is 0 Å². The summed E-state index contributed by atoms with van der Waals surface area (Å²) in [6, 6.07) is 21.8. The minimum absolute atomic E-state index is 0. The number of fused-ring (bicyclic) bond motifs is 2. The summed E-state index contributed by atoms with van der Waals surface area (Å²) in [6.07, 6.45) is 9.17. The standard InChI is InChI=1S/C30H30GeN.C13H24O2.Ir/c1-19(2)27-17-25(16-26-14-20(3)13-21(4)30(26)27)29-18-23(10-12-32-29)22-7-8-28-24(15-22)9-11-31(28,5)6;1-5-10(6-2)12(14)9-13(15)11(7-3)8-4;/h7-15,17-19H,1-6H3;9-11,14H,5-8H2,1-4H3;/q-1;;/b;12-9-;. The Hall–Kier alpha value is -2.79. The van der Waals surface area contributed by atoms with Gasteiger partial charge < -0.3 is 5.11 Å². The Kier molecular flexibility index (Phi) is 14.2. The van der Waals surface area contributed by atoms with Gasteiger partial charge in [0, 0.05) is 38.0 Å². The van der Waals surface area contributed by atoms with Gasteiger partial charge in [-0.2, -0.15) is 0 Å². The summed E-state index contributed by atoms with van der Waals surface area (Å²) >= 11 is -1.93. The van der Waals surface area contributed by atoms with Crippen molar-refractivity contribution in [2.75, 3.05) is 0 Å². The molecule has 0 saturated heterocycles. The molecule has 1 aliphatic heterocycles. The van der Waals surface area contributed by atoms with Crippen LogP contribution < -0.4 is 4.40 Å². The van der Waals surface area contributed by atoms with Gasteiger partial charge in [0.05, 0.1) is 5.76 Å². The molecule has 0 fully saturated rings. The van der Waals surface area contributed by atoms with Crippen molar-refractivity contribution in [1.82, 2.24) is 4.98 Å². The molecule has 2 heterocycles. The Labute approximate surface area is 306 Å². The van der Waals surface area contributed by atoms with E-state index in [2.05, 4.69) is 105 Å². The van der Waals surface area contributed by atoms with E-state index in [0.717, 1.165) is 36.9 Å². The predicted molar refractivity (Wildman–Crippen MR) is 205 cm³/mol. The number of hydrogen-bond acceptors (Lipinski definition) is 3. The number of rotatable bonds is 10. The van der Waals surface area contributed by atoms with E-state index in [-0.39, 0.29) is 43.5 Å². The van der Waals surface area contributed by atoms with Crippen LogP contribution in [0.1, 0.15) is 95.4 Å². The van der Waals surface area contributed by atoms with Gasteiger partial charge in [0.15, 0.2) is 5.78 Å². The van der Waals surface area contributed by atoms with Crippen LogP contribution in [0.25, 0.3) is 39.2 Å². The molecule has 1 aliphatic rings. The van der Waals surface area contributed by atoms with Gasteiger partial charge in [-0.15, -0.1) is 0 Å². The van der Waals surface area contributed by atoms with E-state index in [4.69, 9.17) is 4.98 Å². The van der Waals surface area contributed by atoms with E-state index in [9.17, 15) is 9.90 Å². The molecule has 48 heavy (non-hydrogen) atoms. The van der Waals surface area contributed by atoms with Crippen molar-refractivity contribution in [3.05, 3.63) is 99.8 Å². The first-order valence-corrected chi connectivity index (χ1v) is 24.0. The van der Waals surface area contributed by atoms with E-state index in [0.29, 0.717) is 5.92 Å². The van der Waals surface area contributed by atoms with Crippen LogP contribution in [0.3, 0.4) is 0 Å². The molecule has 0 saturated carbocycles. The molecule has 3 nitrogen and oxygen atoms in total. The molecule has 1 aromatic heterocycles. The number of ketones is 1. The molecule has 0 spiro atoms. The molecule has 3 aromatic carbocycles. The number of aromatic nitrogens is 1. The maximum absolute atomic E-state index is 11.7. The predicted octanol–water partition coefficient (Wildman–Crippen LogP) is 11.5. The molecule has 1 N–H and O–H groups in total. The molecule has 0 amide bonds. The van der Waals surface area contributed by atoms with Gasteiger partial charge in [-0.3, -0.25) is 4.79 Å². The van der Waals surface area contributed by atoms with Gasteiger partial charge in [-0.05, 0) is 39.5 Å². The van der Waals surface area contributed by atoms with Crippen LogP contribution in [-0.4, -0.2) is 29.1 Å². The average molecular weight is 882 g/mol. The van der Waals surface area contributed by atoms with Gasteiger partial charge in [-0.25, -0.2) is 0 Å². The number of hydrogen-bond donors (Lipinski definition) is 1. The van der Waals surface area contributed by atoms with E-state index in [1.54, 1.807) is 4.40 Å². The van der Waals surface area contributed by atoms with Crippen LogP contribution in [0.5, 0.6) is 0 Å². The van der Waals surface area contributed by atoms with Crippen molar-refractivity contribution in [2.45, 2.75) is 98.5 Å². The number of carbonyl (C=O) groups is 1. The second-order valence-electron chi connectivity index (χ2n) is 14.1. The largest absolute Gasteiger partial charge is 0 e. The Morgan fingerprint density at radius 3 is 2.17 bits per heavy atom. The van der Waals surface area contributed by atoms with Crippen molar-refractivity contribution in [3.8, 4) is 22.4 Å². The van der Waals surface area contributed by atoms with Crippen molar-refractivity contribution < 1.29 is 30.0 Å². The molecule has 257 valence electrons. The molecule has 0 bridgehead atoms. The van der Waals surface area contributed by atoms with Crippen molar-refractivity contribution in [1.29, 1.82) is 0 Å². The number of aliphatic hydroxyl groups excluding tert-OH is 1. The summed E-state index contributed by atoms with van der Waals surface area (Å²) in [5.74, 6) is 5.90. The third kappa shape index (κ3) is 9.06. The normalized spacial score (nSPS) is 13.5. The van der Waals surface area contributed by atoms with Crippen LogP contribution in [0, 0.1) is 31.7 Å². The number of benzene rings is 3. The zero-order chi connectivity index (χ0) is 34.5. The first-order valence-electron chi connectivity index (χ1n) is 17.5. The van der Waals surface area contributed by atoms with E-state index in [1.807, 2.05) is 33.9 Å². The SMILES string of the molecule is CCC(CC)C(=O)/C=C(\O)C(CC)CC.Cc1cc(C)c2c(C(C)C)cc(-c3cc(-c4cc[c]5c(c4)C=[CH][Ge]5([CH3])[CH3])ccn3)[c-]c2c1.[Ir]. The van der Waals surface area contributed by atoms with Gasteiger partial charge in [0.2, 0.25) is 0 Å². The van der Waals surface area contributed by atoms with Crippen LogP contribution in [0.2, 0.25) is 11.5 Å². The molecule has 0 aliphatic carbocycles. The Balaban J connectivity index is 0.000000334.